The van der Waals surface area contributed by atoms with Crippen LogP contribution in [-0.2, 0) is 4.79 Å². The fourth-order valence-electron chi connectivity index (χ4n) is 1.32. The SMILES string of the molecule is CC(C)CNC(C(N)=O)c1cncc(Br)c1. The quantitative estimate of drug-likeness (QED) is 0.864. The third-order valence-electron chi connectivity index (χ3n) is 2.07. The number of carbonyl (C=O) groups excluding carboxylic acids is 1. The standard InChI is InChI=1S/C11H16BrN3O/c1-7(2)4-15-10(11(13)16)8-3-9(12)6-14-5-8/h3,5-7,10,15H,4H2,1-2H3,(H2,13,16). The number of nitrogens with zero attached hydrogens (tertiary/aromatic N) is 1. The van der Waals surface area contributed by atoms with E-state index >= 15 is 0 Å². The van der Waals surface area contributed by atoms with Gasteiger partial charge >= 0.3 is 0 Å². The van der Waals surface area contributed by atoms with Gasteiger partial charge in [0.2, 0.25) is 5.91 Å². The minimum atomic E-state index is -0.479. The topological polar surface area (TPSA) is 68.0 Å². The summed E-state index contributed by atoms with van der Waals surface area (Å²) in [5.41, 5.74) is 6.14. The van der Waals surface area contributed by atoms with Gasteiger partial charge in [-0.15, -0.1) is 0 Å². The molecule has 1 rings (SSSR count). The van der Waals surface area contributed by atoms with Gasteiger partial charge in [0.15, 0.2) is 0 Å². The summed E-state index contributed by atoms with van der Waals surface area (Å²) in [5, 5.41) is 3.13. The lowest BCUT2D eigenvalue weighted by molar-refractivity contribution is -0.120. The lowest BCUT2D eigenvalue weighted by Crippen LogP contribution is -2.35. The molecule has 0 saturated carbocycles. The van der Waals surface area contributed by atoms with Crippen LogP contribution >= 0.6 is 15.9 Å². The van der Waals surface area contributed by atoms with E-state index in [9.17, 15) is 4.79 Å². The number of amides is 1. The highest BCUT2D eigenvalue weighted by Gasteiger charge is 2.17. The van der Waals surface area contributed by atoms with Gasteiger partial charge in [0.05, 0.1) is 0 Å². The molecule has 0 saturated heterocycles. The highest BCUT2D eigenvalue weighted by atomic mass is 79.9. The Morgan fingerprint density at radius 2 is 2.25 bits per heavy atom. The third-order valence-corrected chi connectivity index (χ3v) is 2.51. The highest BCUT2D eigenvalue weighted by Crippen LogP contribution is 2.16. The van der Waals surface area contributed by atoms with Gasteiger partial charge in [-0.05, 0) is 40.0 Å². The first kappa shape index (κ1) is 13.1. The molecule has 1 amide bonds. The lowest BCUT2D eigenvalue weighted by Gasteiger charge is -2.17. The molecule has 0 fully saturated rings. The second-order valence-electron chi connectivity index (χ2n) is 4.07. The van der Waals surface area contributed by atoms with Crippen LogP contribution in [0.3, 0.4) is 0 Å². The summed E-state index contributed by atoms with van der Waals surface area (Å²) < 4.78 is 0.836. The molecular formula is C11H16BrN3O. The average Bonchev–Trinajstić information content (AvgIpc) is 2.17. The molecule has 0 aliphatic rings. The van der Waals surface area contributed by atoms with Gasteiger partial charge in [0.25, 0.3) is 0 Å². The highest BCUT2D eigenvalue weighted by molar-refractivity contribution is 9.10. The monoisotopic (exact) mass is 285 g/mol. The van der Waals surface area contributed by atoms with Gasteiger partial charge < -0.3 is 11.1 Å². The van der Waals surface area contributed by atoms with Gasteiger partial charge in [-0.25, -0.2) is 0 Å². The van der Waals surface area contributed by atoms with Crippen LogP contribution in [0, 0.1) is 5.92 Å². The number of nitrogens with one attached hydrogen (secondary N) is 1. The molecule has 5 heteroatoms. The maximum atomic E-state index is 11.3. The zero-order chi connectivity index (χ0) is 12.1. The number of aromatic nitrogens is 1. The molecular weight excluding hydrogens is 270 g/mol. The fourth-order valence-corrected chi connectivity index (χ4v) is 1.70. The van der Waals surface area contributed by atoms with Gasteiger partial charge in [-0.1, -0.05) is 13.8 Å². The maximum Gasteiger partial charge on any atom is 0.239 e. The summed E-state index contributed by atoms with van der Waals surface area (Å²) >= 11 is 3.32. The molecule has 3 N–H and O–H groups in total. The average molecular weight is 286 g/mol. The van der Waals surface area contributed by atoms with Crippen LogP contribution in [0.2, 0.25) is 0 Å². The summed E-state index contributed by atoms with van der Waals surface area (Å²) in [5.74, 6) is 0.0718. The van der Waals surface area contributed by atoms with Crippen molar-refractivity contribution in [3.63, 3.8) is 0 Å². The molecule has 0 aliphatic heterocycles. The number of pyridine rings is 1. The van der Waals surface area contributed by atoms with Crippen LogP contribution in [0.4, 0.5) is 0 Å². The molecule has 1 atom stereocenters. The summed E-state index contributed by atoms with van der Waals surface area (Å²) in [6, 6.07) is 1.36. The first-order chi connectivity index (χ1) is 7.50. The van der Waals surface area contributed by atoms with Crippen molar-refractivity contribution in [2.45, 2.75) is 19.9 Å². The molecule has 1 aromatic rings. The van der Waals surface area contributed by atoms with E-state index in [1.165, 1.54) is 0 Å². The Balaban J connectivity index is 2.81. The molecule has 88 valence electrons. The van der Waals surface area contributed by atoms with Gasteiger partial charge in [-0.2, -0.15) is 0 Å². The molecule has 1 heterocycles. The minimum Gasteiger partial charge on any atom is -0.368 e. The zero-order valence-corrected chi connectivity index (χ0v) is 11.0. The number of hydrogen-bond acceptors (Lipinski definition) is 3. The number of rotatable bonds is 5. The Morgan fingerprint density at radius 1 is 1.56 bits per heavy atom. The van der Waals surface area contributed by atoms with Crippen LogP contribution in [-0.4, -0.2) is 17.4 Å². The van der Waals surface area contributed by atoms with Gasteiger partial charge in [0, 0.05) is 16.9 Å². The Kier molecular flexibility index (Phi) is 4.89. The summed E-state index contributed by atoms with van der Waals surface area (Å²) in [7, 11) is 0. The zero-order valence-electron chi connectivity index (χ0n) is 9.40. The first-order valence-corrected chi connectivity index (χ1v) is 5.93. The number of halogens is 1. The van der Waals surface area contributed by atoms with Crippen LogP contribution in [0.5, 0.6) is 0 Å². The molecule has 4 nitrogen and oxygen atoms in total. The van der Waals surface area contributed by atoms with Crippen molar-refractivity contribution in [1.82, 2.24) is 10.3 Å². The molecule has 0 aliphatic carbocycles. The Labute approximate surface area is 104 Å². The largest absolute Gasteiger partial charge is 0.368 e. The first-order valence-electron chi connectivity index (χ1n) is 5.14. The van der Waals surface area contributed by atoms with E-state index in [1.807, 2.05) is 6.07 Å². The molecule has 0 aromatic carbocycles. The molecule has 1 unspecified atom stereocenters. The van der Waals surface area contributed by atoms with E-state index in [4.69, 9.17) is 5.73 Å². The summed E-state index contributed by atoms with van der Waals surface area (Å²) in [4.78, 5) is 15.4. The molecule has 0 bridgehead atoms. The van der Waals surface area contributed by atoms with E-state index in [2.05, 4.69) is 40.1 Å². The third kappa shape index (κ3) is 3.90. The van der Waals surface area contributed by atoms with Crippen molar-refractivity contribution >= 4 is 21.8 Å². The van der Waals surface area contributed by atoms with E-state index in [1.54, 1.807) is 12.4 Å². The van der Waals surface area contributed by atoms with Crippen molar-refractivity contribution in [2.75, 3.05) is 6.54 Å². The van der Waals surface area contributed by atoms with E-state index < -0.39 is 6.04 Å². The van der Waals surface area contributed by atoms with Crippen LogP contribution in [0.25, 0.3) is 0 Å². The lowest BCUT2D eigenvalue weighted by atomic mass is 10.1. The van der Waals surface area contributed by atoms with Crippen LogP contribution < -0.4 is 11.1 Å². The molecule has 16 heavy (non-hydrogen) atoms. The van der Waals surface area contributed by atoms with Crippen molar-refractivity contribution in [1.29, 1.82) is 0 Å². The second kappa shape index (κ2) is 5.96. The van der Waals surface area contributed by atoms with Crippen LogP contribution in [0.15, 0.2) is 22.9 Å². The Morgan fingerprint density at radius 3 is 2.75 bits per heavy atom. The Hall–Kier alpha value is -0.940. The number of carbonyl (C=O) groups is 1. The van der Waals surface area contributed by atoms with E-state index in [0.29, 0.717) is 5.92 Å². The minimum absolute atomic E-state index is 0.388. The predicted molar refractivity (Wildman–Crippen MR) is 66.7 cm³/mol. The summed E-state index contributed by atoms with van der Waals surface area (Å²) in [6.07, 6.45) is 3.32. The number of nitrogens with two attached hydrogens (primary N) is 1. The fraction of sp³-hybridized carbons (Fsp3) is 0.455. The van der Waals surface area contributed by atoms with E-state index in [-0.39, 0.29) is 5.91 Å². The van der Waals surface area contributed by atoms with Crippen molar-refractivity contribution in [3.05, 3.63) is 28.5 Å². The van der Waals surface area contributed by atoms with Crippen LogP contribution in [0.1, 0.15) is 25.5 Å². The predicted octanol–water partition coefficient (Wildman–Crippen LogP) is 1.62. The smallest absolute Gasteiger partial charge is 0.239 e. The number of primary amides is 1. The molecule has 1 aromatic heterocycles. The molecule has 0 spiro atoms. The van der Waals surface area contributed by atoms with E-state index in [0.717, 1.165) is 16.6 Å². The number of hydrogen-bond donors (Lipinski definition) is 2. The normalized spacial score (nSPS) is 12.8. The summed E-state index contributed by atoms with van der Waals surface area (Å²) in [6.45, 7) is 4.88. The van der Waals surface area contributed by atoms with Gasteiger partial charge in [0.1, 0.15) is 6.04 Å². The molecule has 0 radical (unpaired) electrons. The van der Waals surface area contributed by atoms with Crippen molar-refractivity contribution < 1.29 is 4.79 Å². The second-order valence-corrected chi connectivity index (χ2v) is 4.99. The van der Waals surface area contributed by atoms with Gasteiger partial charge in [-0.3, -0.25) is 9.78 Å². The van der Waals surface area contributed by atoms with Crippen molar-refractivity contribution in [2.24, 2.45) is 11.7 Å². The van der Waals surface area contributed by atoms with Crippen molar-refractivity contribution in [3.8, 4) is 0 Å². The Bertz CT molecular complexity index is 368. The maximum absolute atomic E-state index is 11.3.